The Bertz CT molecular complexity index is 267. The first-order chi connectivity index (χ1) is 5.65. The van der Waals surface area contributed by atoms with Gasteiger partial charge in [0.1, 0.15) is 0 Å². The fourth-order valence-electron chi connectivity index (χ4n) is 1.18. The molecule has 12 heavy (non-hydrogen) atoms. The van der Waals surface area contributed by atoms with Crippen molar-refractivity contribution in [1.29, 1.82) is 5.26 Å². The minimum absolute atomic E-state index is 0.0841. The van der Waals surface area contributed by atoms with Crippen LogP contribution < -0.4 is 0 Å². The summed E-state index contributed by atoms with van der Waals surface area (Å²) in [6.07, 6.45) is 1.92. The number of hydrogen-bond donors (Lipinski definition) is 0. The maximum Gasteiger partial charge on any atom is 0.227 e. The van der Waals surface area contributed by atoms with Crippen molar-refractivity contribution in [2.24, 2.45) is 0 Å². The van der Waals surface area contributed by atoms with Gasteiger partial charge in [-0.15, -0.1) is 0 Å². The minimum atomic E-state index is 0.0841. The van der Waals surface area contributed by atoms with Crippen molar-refractivity contribution < 1.29 is 4.79 Å². The summed E-state index contributed by atoms with van der Waals surface area (Å²) in [5, 5.41) is 8.37. The van der Waals surface area contributed by atoms with Gasteiger partial charge in [-0.3, -0.25) is 4.79 Å². The van der Waals surface area contributed by atoms with Crippen molar-refractivity contribution in [2.45, 2.75) is 18.2 Å². The molecule has 0 N–H and O–H groups in total. The van der Waals surface area contributed by atoms with Gasteiger partial charge in [0.15, 0.2) is 0 Å². The Morgan fingerprint density at radius 3 is 3.00 bits per heavy atom. The van der Waals surface area contributed by atoms with Gasteiger partial charge in [-0.1, -0.05) is 15.9 Å². The molecule has 0 aromatic rings. The number of halogens is 1. The van der Waals surface area contributed by atoms with Crippen LogP contribution in [0.3, 0.4) is 0 Å². The second-order valence-electron chi connectivity index (χ2n) is 2.72. The van der Waals surface area contributed by atoms with Crippen LogP contribution in [0.5, 0.6) is 0 Å². The summed E-state index contributed by atoms with van der Waals surface area (Å²) < 4.78 is 0. The van der Waals surface area contributed by atoms with E-state index < -0.39 is 0 Å². The summed E-state index contributed by atoms with van der Waals surface area (Å²) in [4.78, 5) is 13.1. The molecule has 1 fully saturated rings. The monoisotopic (exact) mass is 228 g/mol. The lowest BCUT2D eigenvalue weighted by atomic mass is 10.4. The van der Waals surface area contributed by atoms with Crippen LogP contribution in [-0.2, 0) is 4.79 Å². The predicted molar refractivity (Wildman–Crippen MR) is 48.4 cm³/mol. The van der Waals surface area contributed by atoms with Crippen LogP contribution >= 0.6 is 15.9 Å². The first-order valence-corrected chi connectivity index (χ1v) is 4.57. The summed E-state index contributed by atoms with van der Waals surface area (Å²) in [5.74, 6) is 0.0841. The zero-order chi connectivity index (χ0) is 9.14. The number of rotatable bonds is 1. The van der Waals surface area contributed by atoms with Gasteiger partial charge in [0.25, 0.3) is 0 Å². The second kappa shape index (κ2) is 3.72. The average molecular weight is 229 g/mol. The number of likely N-dealkylation sites (tertiary alicyclic amines) is 1. The molecule has 0 aliphatic carbocycles. The first-order valence-electron chi connectivity index (χ1n) is 3.66. The highest BCUT2D eigenvalue weighted by Gasteiger charge is 2.28. The lowest BCUT2D eigenvalue weighted by molar-refractivity contribution is -0.126. The summed E-state index contributed by atoms with van der Waals surface area (Å²) in [5.41, 5.74) is 0.726. The number of alkyl halides is 1. The summed E-state index contributed by atoms with van der Waals surface area (Å²) >= 11 is 3.37. The van der Waals surface area contributed by atoms with Crippen molar-refractivity contribution >= 4 is 21.8 Å². The highest BCUT2D eigenvalue weighted by Crippen LogP contribution is 2.21. The SMILES string of the molecule is CC(=CC#N)N1CC(Br)CC1=O. The Labute approximate surface area is 79.8 Å². The van der Waals surface area contributed by atoms with Gasteiger partial charge >= 0.3 is 0 Å². The zero-order valence-electron chi connectivity index (χ0n) is 6.75. The molecule has 0 aromatic carbocycles. The highest BCUT2D eigenvalue weighted by molar-refractivity contribution is 9.09. The molecule has 1 aliphatic heterocycles. The molecule has 0 spiro atoms. The van der Waals surface area contributed by atoms with E-state index >= 15 is 0 Å². The number of carbonyl (C=O) groups is 1. The molecule has 1 saturated heterocycles. The molecule has 1 atom stereocenters. The summed E-state index contributed by atoms with van der Waals surface area (Å²) in [6.45, 7) is 2.44. The smallest absolute Gasteiger partial charge is 0.227 e. The number of allylic oxidation sites excluding steroid dienone is 2. The molecule has 4 heteroatoms. The summed E-state index contributed by atoms with van der Waals surface area (Å²) in [7, 11) is 0. The maximum atomic E-state index is 11.2. The van der Waals surface area contributed by atoms with Gasteiger partial charge in [-0.25, -0.2) is 0 Å². The molecular weight excluding hydrogens is 220 g/mol. The fraction of sp³-hybridized carbons (Fsp3) is 0.500. The normalized spacial score (nSPS) is 24.4. The van der Waals surface area contributed by atoms with E-state index in [0.717, 1.165) is 5.70 Å². The Morgan fingerprint density at radius 1 is 1.92 bits per heavy atom. The number of hydrogen-bond acceptors (Lipinski definition) is 2. The maximum absolute atomic E-state index is 11.2. The molecule has 1 rings (SSSR count). The minimum Gasteiger partial charge on any atom is -0.315 e. The fourth-order valence-corrected chi connectivity index (χ4v) is 1.74. The third kappa shape index (κ3) is 1.86. The molecule has 0 saturated carbocycles. The third-order valence-corrected chi connectivity index (χ3v) is 2.39. The quantitative estimate of drug-likeness (QED) is 0.504. The van der Waals surface area contributed by atoms with E-state index in [-0.39, 0.29) is 10.7 Å². The van der Waals surface area contributed by atoms with Crippen LogP contribution in [0.1, 0.15) is 13.3 Å². The number of nitriles is 1. The lowest BCUT2D eigenvalue weighted by Gasteiger charge is -2.14. The third-order valence-electron chi connectivity index (χ3n) is 1.78. The van der Waals surface area contributed by atoms with Gasteiger partial charge < -0.3 is 4.90 Å². The van der Waals surface area contributed by atoms with E-state index in [4.69, 9.17) is 5.26 Å². The van der Waals surface area contributed by atoms with Crippen LogP contribution in [0.4, 0.5) is 0 Å². The molecule has 0 bridgehead atoms. The Balaban J connectivity index is 2.72. The van der Waals surface area contributed by atoms with Crippen molar-refractivity contribution in [1.82, 2.24) is 4.90 Å². The van der Waals surface area contributed by atoms with E-state index in [1.165, 1.54) is 6.08 Å². The Morgan fingerprint density at radius 2 is 2.58 bits per heavy atom. The Hall–Kier alpha value is -0.820. The average Bonchev–Trinajstić information content (AvgIpc) is 2.30. The van der Waals surface area contributed by atoms with E-state index in [1.807, 2.05) is 6.07 Å². The molecule has 1 unspecified atom stereocenters. The van der Waals surface area contributed by atoms with Crippen LogP contribution in [0.2, 0.25) is 0 Å². The largest absolute Gasteiger partial charge is 0.315 e. The molecule has 0 radical (unpaired) electrons. The van der Waals surface area contributed by atoms with Crippen molar-refractivity contribution in [2.75, 3.05) is 6.54 Å². The number of amides is 1. The Kier molecular flexibility index (Phi) is 2.88. The van der Waals surface area contributed by atoms with Gasteiger partial charge in [0.05, 0.1) is 6.07 Å². The van der Waals surface area contributed by atoms with E-state index in [9.17, 15) is 4.79 Å². The van der Waals surface area contributed by atoms with Crippen LogP contribution in [0.15, 0.2) is 11.8 Å². The van der Waals surface area contributed by atoms with Crippen molar-refractivity contribution in [3.63, 3.8) is 0 Å². The predicted octanol–water partition coefficient (Wildman–Crippen LogP) is 1.41. The van der Waals surface area contributed by atoms with Gasteiger partial charge in [-0.2, -0.15) is 5.26 Å². The molecule has 1 amide bonds. The van der Waals surface area contributed by atoms with Crippen LogP contribution in [0.25, 0.3) is 0 Å². The first kappa shape index (κ1) is 9.27. The van der Waals surface area contributed by atoms with E-state index in [1.54, 1.807) is 11.8 Å². The molecular formula is C8H9BrN2O. The zero-order valence-corrected chi connectivity index (χ0v) is 8.34. The lowest BCUT2D eigenvalue weighted by Crippen LogP contribution is -2.22. The van der Waals surface area contributed by atoms with Gasteiger partial charge in [0, 0.05) is 29.6 Å². The summed E-state index contributed by atoms with van der Waals surface area (Å²) in [6, 6.07) is 1.91. The van der Waals surface area contributed by atoms with Crippen molar-refractivity contribution in [3.05, 3.63) is 11.8 Å². The van der Waals surface area contributed by atoms with Crippen LogP contribution in [-0.4, -0.2) is 22.2 Å². The topological polar surface area (TPSA) is 44.1 Å². The van der Waals surface area contributed by atoms with Crippen LogP contribution in [0, 0.1) is 11.3 Å². The molecule has 1 heterocycles. The standard InChI is InChI=1S/C8H9BrN2O/c1-6(2-3-10)11-5-7(9)4-8(11)12/h2,7H,4-5H2,1H3. The van der Waals surface area contributed by atoms with Crippen molar-refractivity contribution in [3.8, 4) is 6.07 Å². The van der Waals surface area contributed by atoms with E-state index in [2.05, 4.69) is 15.9 Å². The number of nitrogens with zero attached hydrogens (tertiary/aromatic N) is 2. The molecule has 1 aliphatic rings. The highest BCUT2D eigenvalue weighted by atomic mass is 79.9. The second-order valence-corrected chi connectivity index (χ2v) is 4.02. The molecule has 0 aromatic heterocycles. The number of carbonyl (C=O) groups excluding carboxylic acids is 1. The van der Waals surface area contributed by atoms with Gasteiger partial charge in [-0.05, 0) is 6.92 Å². The molecule has 64 valence electrons. The van der Waals surface area contributed by atoms with E-state index in [0.29, 0.717) is 13.0 Å². The van der Waals surface area contributed by atoms with Gasteiger partial charge in [0.2, 0.25) is 5.91 Å². The molecule has 3 nitrogen and oxygen atoms in total.